The lowest BCUT2D eigenvalue weighted by molar-refractivity contribution is -0.140. The third-order valence-corrected chi connectivity index (χ3v) is 3.62. The molecule has 0 aliphatic rings. The van der Waals surface area contributed by atoms with Crippen molar-refractivity contribution in [1.29, 1.82) is 0 Å². The molecule has 1 rings (SSSR count). The summed E-state index contributed by atoms with van der Waals surface area (Å²) >= 11 is 6.28. The van der Waals surface area contributed by atoms with E-state index in [2.05, 4.69) is 5.10 Å². The standard InChI is InChI=1S/C13H23ClN2O3/c1-6-9-12(14)10(16(3)15-9)7-13(2,17)8-11(18-4)19-5/h11,17H,6-8H2,1-5H3. The molecular formula is C13H23ClN2O3. The molecule has 0 saturated heterocycles. The Morgan fingerprint density at radius 2 is 2.00 bits per heavy atom. The maximum absolute atomic E-state index is 10.5. The number of ether oxygens (including phenoxy) is 2. The summed E-state index contributed by atoms with van der Waals surface area (Å²) in [5.41, 5.74) is 0.707. The van der Waals surface area contributed by atoms with Crippen molar-refractivity contribution in [3.05, 3.63) is 16.4 Å². The zero-order valence-corrected chi connectivity index (χ0v) is 13.0. The van der Waals surface area contributed by atoms with Gasteiger partial charge in [-0.2, -0.15) is 5.10 Å². The van der Waals surface area contributed by atoms with Crippen LogP contribution in [0.3, 0.4) is 0 Å². The van der Waals surface area contributed by atoms with Crippen LogP contribution >= 0.6 is 11.6 Å². The summed E-state index contributed by atoms with van der Waals surface area (Å²) in [5, 5.41) is 15.5. The molecule has 0 aliphatic heterocycles. The summed E-state index contributed by atoms with van der Waals surface area (Å²) < 4.78 is 12.0. The van der Waals surface area contributed by atoms with Gasteiger partial charge in [0.05, 0.1) is 22.0 Å². The van der Waals surface area contributed by atoms with Crippen LogP contribution in [0, 0.1) is 0 Å². The van der Waals surface area contributed by atoms with E-state index in [0.717, 1.165) is 17.8 Å². The third-order valence-electron chi connectivity index (χ3n) is 3.18. The average Bonchev–Trinajstić information content (AvgIpc) is 2.63. The number of nitrogens with zero attached hydrogens (tertiary/aromatic N) is 2. The summed E-state index contributed by atoms with van der Waals surface area (Å²) in [6.45, 7) is 3.75. The first kappa shape index (κ1) is 16.4. The van der Waals surface area contributed by atoms with Crippen molar-refractivity contribution in [2.75, 3.05) is 14.2 Å². The highest BCUT2D eigenvalue weighted by Crippen LogP contribution is 2.27. The molecule has 0 fully saturated rings. The molecule has 1 heterocycles. The first-order chi connectivity index (χ1) is 8.84. The van der Waals surface area contributed by atoms with Gasteiger partial charge in [0.2, 0.25) is 0 Å². The molecular weight excluding hydrogens is 268 g/mol. The van der Waals surface area contributed by atoms with Crippen molar-refractivity contribution >= 4 is 11.6 Å². The van der Waals surface area contributed by atoms with E-state index in [0.29, 0.717) is 17.9 Å². The predicted molar refractivity (Wildman–Crippen MR) is 74.3 cm³/mol. The maximum atomic E-state index is 10.5. The number of hydrogen-bond acceptors (Lipinski definition) is 4. The van der Waals surface area contributed by atoms with Crippen molar-refractivity contribution in [1.82, 2.24) is 9.78 Å². The van der Waals surface area contributed by atoms with Crippen molar-refractivity contribution in [2.24, 2.45) is 7.05 Å². The molecule has 0 spiro atoms. The summed E-state index contributed by atoms with van der Waals surface area (Å²) in [6.07, 6.45) is 1.10. The first-order valence-electron chi connectivity index (χ1n) is 6.32. The van der Waals surface area contributed by atoms with Crippen molar-refractivity contribution in [3.8, 4) is 0 Å². The van der Waals surface area contributed by atoms with E-state index in [-0.39, 0.29) is 0 Å². The average molecular weight is 291 g/mol. The van der Waals surface area contributed by atoms with E-state index in [1.807, 2.05) is 14.0 Å². The summed E-state index contributed by atoms with van der Waals surface area (Å²) in [6, 6.07) is 0. The van der Waals surface area contributed by atoms with Crippen LogP contribution in [-0.4, -0.2) is 41.0 Å². The van der Waals surface area contributed by atoms with Crippen LogP contribution < -0.4 is 0 Å². The second kappa shape index (κ2) is 6.70. The molecule has 1 aromatic heterocycles. The molecule has 0 saturated carbocycles. The molecule has 0 bridgehead atoms. The molecule has 110 valence electrons. The molecule has 6 heteroatoms. The zero-order chi connectivity index (χ0) is 14.6. The lowest BCUT2D eigenvalue weighted by Gasteiger charge is -2.27. The summed E-state index contributed by atoms with van der Waals surface area (Å²) in [4.78, 5) is 0. The van der Waals surface area contributed by atoms with Crippen molar-refractivity contribution in [3.63, 3.8) is 0 Å². The molecule has 1 unspecified atom stereocenters. The fraction of sp³-hybridized carbons (Fsp3) is 0.769. The van der Waals surface area contributed by atoms with E-state index in [1.54, 1.807) is 25.8 Å². The highest BCUT2D eigenvalue weighted by Gasteiger charge is 2.29. The first-order valence-corrected chi connectivity index (χ1v) is 6.70. The number of aryl methyl sites for hydroxylation is 2. The third kappa shape index (κ3) is 4.18. The maximum Gasteiger partial charge on any atom is 0.159 e. The normalized spacial score (nSPS) is 14.9. The number of aliphatic hydroxyl groups is 1. The Kier molecular flexibility index (Phi) is 5.80. The Morgan fingerprint density at radius 3 is 2.42 bits per heavy atom. The lowest BCUT2D eigenvalue weighted by atomic mass is 9.95. The van der Waals surface area contributed by atoms with Gasteiger partial charge < -0.3 is 14.6 Å². The van der Waals surface area contributed by atoms with Crippen LogP contribution in [-0.2, 0) is 29.4 Å². The molecule has 0 amide bonds. The van der Waals surface area contributed by atoms with Crippen LogP contribution in [0.5, 0.6) is 0 Å². The highest BCUT2D eigenvalue weighted by molar-refractivity contribution is 6.31. The Bertz CT molecular complexity index is 414. The Morgan fingerprint density at radius 1 is 1.42 bits per heavy atom. The molecule has 0 radical (unpaired) electrons. The topological polar surface area (TPSA) is 56.5 Å². The van der Waals surface area contributed by atoms with Gasteiger partial charge in [-0.25, -0.2) is 0 Å². The van der Waals surface area contributed by atoms with Gasteiger partial charge in [0.25, 0.3) is 0 Å². The van der Waals surface area contributed by atoms with Gasteiger partial charge in [-0.05, 0) is 13.3 Å². The Hall–Kier alpha value is -0.620. The summed E-state index contributed by atoms with van der Waals surface area (Å²) in [5.74, 6) is 0. The molecule has 1 aromatic rings. The number of rotatable bonds is 7. The molecule has 19 heavy (non-hydrogen) atoms. The minimum Gasteiger partial charge on any atom is -0.390 e. The Balaban J connectivity index is 2.85. The van der Waals surface area contributed by atoms with Crippen molar-refractivity contribution < 1.29 is 14.6 Å². The van der Waals surface area contributed by atoms with Gasteiger partial charge in [-0.1, -0.05) is 18.5 Å². The monoisotopic (exact) mass is 290 g/mol. The molecule has 1 N–H and O–H groups in total. The van der Waals surface area contributed by atoms with Crippen LogP contribution in [0.25, 0.3) is 0 Å². The molecule has 1 atom stereocenters. The van der Waals surface area contributed by atoms with E-state index in [9.17, 15) is 5.11 Å². The van der Waals surface area contributed by atoms with Gasteiger partial charge in [-0.15, -0.1) is 0 Å². The second-order valence-electron chi connectivity index (χ2n) is 4.96. The minimum absolute atomic E-state index is 0.364. The predicted octanol–water partition coefficient (Wildman–Crippen LogP) is 1.94. The minimum atomic E-state index is -0.973. The number of aromatic nitrogens is 2. The number of methoxy groups -OCH3 is 2. The van der Waals surface area contributed by atoms with Crippen LogP contribution in [0.1, 0.15) is 31.7 Å². The van der Waals surface area contributed by atoms with Gasteiger partial charge in [0.15, 0.2) is 6.29 Å². The molecule has 0 aromatic carbocycles. The van der Waals surface area contributed by atoms with E-state index in [1.165, 1.54) is 0 Å². The number of halogens is 1. The van der Waals surface area contributed by atoms with E-state index >= 15 is 0 Å². The lowest BCUT2D eigenvalue weighted by Crippen LogP contribution is -2.34. The van der Waals surface area contributed by atoms with E-state index < -0.39 is 11.9 Å². The van der Waals surface area contributed by atoms with Crippen LogP contribution in [0.4, 0.5) is 0 Å². The molecule has 5 nitrogen and oxygen atoms in total. The smallest absolute Gasteiger partial charge is 0.159 e. The summed E-state index contributed by atoms with van der Waals surface area (Å²) in [7, 11) is 4.94. The van der Waals surface area contributed by atoms with Crippen LogP contribution in [0.2, 0.25) is 5.02 Å². The fourth-order valence-electron chi connectivity index (χ4n) is 2.07. The van der Waals surface area contributed by atoms with Crippen molar-refractivity contribution in [2.45, 2.75) is 45.0 Å². The number of hydrogen-bond donors (Lipinski definition) is 1. The van der Waals surface area contributed by atoms with E-state index in [4.69, 9.17) is 21.1 Å². The second-order valence-corrected chi connectivity index (χ2v) is 5.34. The van der Waals surface area contributed by atoms with Gasteiger partial charge >= 0.3 is 0 Å². The van der Waals surface area contributed by atoms with Gasteiger partial charge in [-0.3, -0.25) is 4.68 Å². The largest absolute Gasteiger partial charge is 0.390 e. The Labute approximate surface area is 119 Å². The highest BCUT2D eigenvalue weighted by atomic mass is 35.5. The zero-order valence-electron chi connectivity index (χ0n) is 12.2. The van der Waals surface area contributed by atoms with Crippen LogP contribution in [0.15, 0.2) is 0 Å². The SMILES string of the molecule is CCc1nn(C)c(CC(C)(O)CC(OC)OC)c1Cl. The van der Waals surface area contributed by atoms with Gasteiger partial charge in [0.1, 0.15) is 0 Å². The molecule has 0 aliphatic carbocycles. The van der Waals surface area contributed by atoms with Gasteiger partial charge in [0, 0.05) is 34.1 Å². The quantitative estimate of drug-likeness (QED) is 0.780. The fourth-order valence-corrected chi connectivity index (χ4v) is 2.43.